The number of carboxylic acids is 1. The number of nitro groups is 1. The molecule has 13 nitrogen and oxygen atoms in total. The number of aromatic nitrogens is 2. The Morgan fingerprint density at radius 2 is 1.71 bits per heavy atom. The van der Waals surface area contributed by atoms with E-state index in [4.69, 9.17) is 9.68 Å². The molecule has 0 fully saturated rings. The van der Waals surface area contributed by atoms with Gasteiger partial charge in [-0.2, -0.15) is 5.26 Å². The fourth-order valence-electron chi connectivity index (χ4n) is 5.17. The summed E-state index contributed by atoms with van der Waals surface area (Å²) in [6.45, 7) is 4.28. The van der Waals surface area contributed by atoms with Crippen molar-refractivity contribution in [1.82, 2.24) is 14.9 Å². The smallest absolute Gasteiger partial charge is 0.326 e. The standard InChI is InChI=1S/C36H32N6O7/c1-23(2)17-31(36(45)46)39-34(43)33-16-15-32(49-33)26-7-11-28(12-8-26)41(35(44)27-9-13-29(14-10-27)42(47)48)21-30-19-38-22-40(30)20-25-5-3-24(18-37)4-6-25/h3-16,19,22-23,31H,17,20-21H2,1-2H3,(H,39,43)(H,45,46). The van der Waals surface area contributed by atoms with Gasteiger partial charge in [0.25, 0.3) is 17.5 Å². The first kappa shape index (κ1) is 33.8. The number of non-ortho nitro benzene ring substituents is 1. The number of hydrogen-bond donors (Lipinski definition) is 2. The highest BCUT2D eigenvalue weighted by molar-refractivity contribution is 6.06. The predicted molar refractivity (Wildman–Crippen MR) is 179 cm³/mol. The fourth-order valence-corrected chi connectivity index (χ4v) is 5.17. The second-order valence-corrected chi connectivity index (χ2v) is 11.7. The van der Waals surface area contributed by atoms with E-state index in [1.165, 1.54) is 35.2 Å². The maximum atomic E-state index is 13.9. The molecule has 2 heterocycles. The molecule has 0 aliphatic rings. The van der Waals surface area contributed by atoms with Crippen molar-refractivity contribution in [2.24, 2.45) is 5.92 Å². The fraction of sp³-hybridized carbons (Fsp3) is 0.194. The van der Waals surface area contributed by atoms with E-state index >= 15 is 0 Å². The third-order valence-electron chi connectivity index (χ3n) is 7.73. The lowest BCUT2D eigenvalue weighted by Crippen LogP contribution is -2.41. The van der Waals surface area contributed by atoms with Crippen LogP contribution >= 0.6 is 0 Å². The minimum Gasteiger partial charge on any atom is -0.480 e. The molecule has 0 aliphatic carbocycles. The largest absolute Gasteiger partial charge is 0.480 e. The molecule has 3 aromatic carbocycles. The first-order valence-electron chi connectivity index (χ1n) is 15.3. The lowest BCUT2D eigenvalue weighted by atomic mass is 10.0. The Bertz CT molecular complexity index is 2010. The zero-order chi connectivity index (χ0) is 35.1. The van der Waals surface area contributed by atoms with Gasteiger partial charge in [-0.05, 0) is 78.6 Å². The molecule has 13 heteroatoms. The van der Waals surface area contributed by atoms with Gasteiger partial charge in [0.1, 0.15) is 11.8 Å². The quantitative estimate of drug-likeness (QED) is 0.112. The van der Waals surface area contributed by atoms with Crippen LogP contribution < -0.4 is 10.2 Å². The number of furan rings is 1. The molecule has 5 aromatic rings. The van der Waals surface area contributed by atoms with Crippen molar-refractivity contribution in [2.75, 3.05) is 4.90 Å². The summed E-state index contributed by atoms with van der Waals surface area (Å²) < 4.78 is 7.65. The molecule has 0 saturated carbocycles. The maximum Gasteiger partial charge on any atom is 0.326 e. The minimum atomic E-state index is -1.13. The van der Waals surface area contributed by atoms with Crippen LogP contribution in [0.2, 0.25) is 0 Å². The number of nitrogens with zero attached hydrogens (tertiary/aromatic N) is 5. The summed E-state index contributed by atoms with van der Waals surface area (Å²) in [7, 11) is 0. The molecule has 2 N–H and O–H groups in total. The minimum absolute atomic E-state index is 0.0421. The van der Waals surface area contributed by atoms with Gasteiger partial charge < -0.3 is 24.3 Å². The molecule has 5 rings (SSSR count). The number of nitrogens with one attached hydrogen (secondary N) is 1. The molecule has 0 spiro atoms. The molecule has 0 bridgehead atoms. The maximum absolute atomic E-state index is 13.9. The third kappa shape index (κ3) is 8.25. The van der Waals surface area contributed by atoms with Crippen molar-refractivity contribution >= 4 is 29.2 Å². The SMILES string of the molecule is CC(C)CC(NC(=O)c1ccc(-c2ccc(N(Cc3cncn3Cc3ccc(C#N)cc3)C(=O)c3ccc([N+](=O)[O-])cc3)cc2)o1)C(=O)O. The van der Waals surface area contributed by atoms with Crippen LogP contribution in [0.15, 0.2) is 102 Å². The van der Waals surface area contributed by atoms with Crippen LogP contribution in [-0.4, -0.2) is 43.4 Å². The second-order valence-electron chi connectivity index (χ2n) is 11.7. The number of imidazole rings is 1. The molecule has 0 saturated heterocycles. The summed E-state index contributed by atoms with van der Waals surface area (Å²) in [5.74, 6) is -1.80. The highest BCUT2D eigenvalue weighted by atomic mass is 16.6. The van der Waals surface area contributed by atoms with Crippen molar-refractivity contribution in [3.05, 3.63) is 136 Å². The number of amides is 2. The van der Waals surface area contributed by atoms with Gasteiger partial charge in [0, 0.05) is 41.7 Å². The Morgan fingerprint density at radius 1 is 1.02 bits per heavy atom. The van der Waals surface area contributed by atoms with Gasteiger partial charge in [0.05, 0.1) is 35.1 Å². The van der Waals surface area contributed by atoms with Crippen LogP contribution in [0.25, 0.3) is 11.3 Å². The molecule has 0 radical (unpaired) electrons. The average Bonchev–Trinajstić information content (AvgIpc) is 3.77. The number of carboxylic acid groups (broad SMARTS) is 1. The highest BCUT2D eigenvalue weighted by Gasteiger charge is 2.24. The van der Waals surface area contributed by atoms with Gasteiger partial charge in [0.2, 0.25) is 0 Å². The van der Waals surface area contributed by atoms with Crippen molar-refractivity contribution < 1.29 is 28.8 Å². The lowest BCUT2D eigenvalue weighted by Gasteiger charge is -2.24. The number of aliphatic carboxylic acids is 1. The highest BCUT2D eigenvalue weighted by Crippen LogP contribution is 2.28. The Hall–Kier alpha value is -6.55. The monoisotopic (exact) mass is 660 g/mol. The molecule has 2 amide bonds. The summed E-state index contributed by atoms with van der Waals surface area (Å²) in [6.07, 6.45) is 3.57. The van der Waals surface area contributed by atoms with Crippen molar-refractivity contribution in [3.63, 3.8) is 0 Å². The van der Waals surface area contributed by atoms with Crippen LogP contribution in [-0.2, 0) is 17.9 Å². The number of nitriles is 1. The van der Waals surface area contributed by atoms with Crippen LogP contribution in [0.1, 0.15) is 58.0 Å². The zero-order valence-corrected chi connectivity index (χ0v) is 26.6. The molecule has 248 valence electrons. The van der Waals surface area contributed by atoms with Crippen LogP contribution in [0, 0.1) is 27.4 Å². The van der Waals surface area contributed by atoms with Crippen molar-refractivity contribution in [2.45, 2.75) is 39.4 Å². The third-order valence-corrected chi connectivity index (χ3v) is 7.73. The van der Waals surface area contributed by atoms with Crippen molar-refractivity contribution in [3.8, 4) is 17.4 Å². The van der Waals surface area contributed by atoms with E-state index in [-0.39, 0.29) is 35.9 Å². The first-order valence-corrected chi connectivity index (χ1v) is 15.3. The van der Waals surface area contributed by atoms with E-state index in [2.05, 4.69) is 16.4 Å². The number of benzene rings is 3. The molecular weight excluding hydrogens is 628 g/mol. The number of carbonyl (C=O) groups is 3. The second kappa shape index (κ2) is 14.9. The average molecular weight is 661 g/mol. The molecule has 1 atom stereocenters. The number of carbonyl (C=O) groups excluding carboxylic acids is 2. The van der Waals surface area contributed by atoms with Crippen molar-refractivity contribution in [1.29, 1.82) is 5.26 Å². The van der Waals surface area contributed by atoms with Crippen LogP contribution in [0.3, 0.4) is 0 Å². The summed E-state index contributed by atoms with van der Waals surface area (Å²) in [5, 5.41) is 32.3. The number of rotatable bonds is 13. The van der Waals surface area contributed by atoms with Gasteiger partial charge >= 0.3 is 5.97 Å². The van der Waals surface area contributed by atoms with E-state index in [1.807, 2.05) is 30.5 Å². The summed E-state index contributed by atoms with van der Waals surface area (Å²) in [4.78, 5) is 54.8. The van der Waals surface area contributed by atoms with E-state index < -0.39 is 28.7 Å². The lowest BCUT2D eigenvalue weighted by molar-refractivity contribution is -0.384. The first-order chi connectivity index (χ1) is 23.5. The number of hydrogen-bond acceptors (Lipinski definition) is 8. The van der Waals surface area contributed by atoms with Gasteiger partial charge in [0.15, 0.2) is 5.76 Å². The molecule has 2 aromatic heterocycles. The molecular formula is C36H32N6O7. The van der Waals surface area contributed by atoms with Crippen LogP contribution in [0.5, 0.6) is 0 Å². The van der Waals surface area contributed by atoms with Gasteiger partial charge in [-0.3, -0.25) is 19.7 Å². The van der Waals surface area contributed by atoms with Gasteiger partial charge in [-0.25, -0.2) is 9.78 Å². The molecule has 0 aliphatic heterocycles. The predicted octanol–water partition coefficient (Wildman–Crippen LogP) is 6.05. The summed E-state index contributed by atoms with van der Waals surface area (Å²) in [6, 6.07) is 23.5. The molecule has 1 unspecified atom stereocenters. The Morgan fingerprint density at radius 3 is 2.33 bits per heavy atom. The van der Waals surface area contributed by atoms with E-state index in [0.717, 1.165) is 5.56 Å². The van der Waals surface area contributed by atoms with Gasteiger partial charge in [-0.15, -0.1) is 0 Å². The Balaban J connectivity index is 1.40. The van der Waals surface area contributed by atoms with Crippen LogP contribution in [0.4, 0.5) is 11.4 Å². The van der Waals surface area contributed by atoms with E-state index in [0.29, 0.717) is 34.8 Å². The summed E-state index contributed by atoms with van der Waals surface area (Å²) in [5.41, 5.74) is 3.40. The number of nitro benzene ring substituents is 1. The normalized spacial score (nSPS) is 11.5. The Labute approximate surface area is 281 Å². The zero-order valence-electron chi connectivity index (χ0n) is 26.6. The van der Waals surface area contributed by atoms with E-state index in [9.17, 15) is 29.6 Å². The van der Waals surface area contributed by atoms with Gasteiger partial charge in [-0.1, -0.05) is 26.0 Å². The topological polar surface area (TPSA) is 185 Å². The Kier molecular flexibility index (Phi) is 10.3. The molecule has 49 heavy (non-hydrogen) atoms. The van der Waals surface area contributed by atoms with E-state index in [1.54, 1.807) is 55.0 Å². The summed E-state index contributed by atoms with van der Waals surface area (Å²) >= 11 is 0. The number of anilines is 1.